The number of H-pyrrole nitrogens is 1. The zero-order chi connectivity index (χ0) is 34.4. The SMILES string of the molecule is COc1ccc(C(OC[C@H]2O[C@@H](n3ccc(=O)[nH]c3=O)C[C@@H]2OP(O)N(C(C)C)C(C)C)(c2ccccc2)c2ccc(OC)cc2)cc1. The Bertz CT molecular complexity index is 1670. The van der Waals surface area contributed by atoms with E-state index in [-0.39, 0.29) is 25.1 Å². The first-order valence-electron chi connectivity index (χ1n) is 16.0. The first-order chi connectivity index (χ1) is 23.1. The molecule has 4 aromatic rings. The van der Waals surface area contributed by atoms with E-state index in [0.29, 0.717) is 11.5 Å². The van der Waals surface area contributed by atoms with E-state index in [0.717, 1.165) is 16.7 Å². The molecule has 256 valence electrons. The van der Waals surface area contributed by atoms with Gasteiger partial charge in [0.25, 0.3) is 14.1 Å². The Morgan fingerprint density at radius 3 is 1.92 bits per heavy atom. The molecule has 0 amide bonds. The second-order valence-corrected chi connectivity index (χ2v) is 13.3. The van der Waals surface area contributed by atoms with E-state index in [1.807, 2.05) is 111 Å². The van der Waals surface area contributed by atoms with Crippen LogP contribution in [0, 0.1) is 0 Å². The fourth-order valence-electron chi connectivity index (χ4n) is 6.23. The molecule has 1 aromatic heterocycles. The Labute approximate surface area is 282 Å². The van der Waals surface area contributed by atoms with Crippen LogP contribution < -0.4 is 20.7 Å². The minimum atomic E-state index is -2.02. The van der Waals surface area contributed by atoms with E-state index in [9.17, 15) is 14.5 Å². The molecule has 0 aliphatic carbocycles. The number of hydrogen-bond donors (Lipinski definition) is 2. The molecule has 1 saturated heterocycles. The topological polar surface area (TPSA) is 124 Å². The van der Waals surface area contributed by atoms with Gasteiger partial charge in [0, 0.05) is 30.8 Å². The smallest absolute Gasteiger partial charge is 0.330 e. The fraction of sp³-hybridized carbons (Fsp3) is 0.389. The predicted octanol–water partition coefficient (Wildman–Crippen LogP) is 5.57. The summed E-state index contributed by atoms with van der Waals surface area (Å²) in [4.78, 5) is 38.3. The molecule has 1 fully saturated rings. The monoisotopic (exact) mass is 677 g/mol. The summed E-state index contributed by atoms with van der Waals surface area (Å²) in [6, 6.07) is 26.7. The standard InChI is InChI=1S/C36H44N3O8P/c1-24(2)39(25(3)4)48(42)47-31-22-34(38-21-20-33(40)37-35(38)41)46-32(31)23-45-36(26-10-8-7-9-11-26,27-12-16-29(43-5)17-13-27)28-14-18-30(44-6)19-15-28/h7-21,24-25,31-32,34,42H,22-23H2,1-6H3,(H,37,40,41)/t31-,32+,34+,48?/m0/s1. The van der Waals surface area contributed by atoms with Crippen LogP contribution in [0.1, 0.15) is 57.0 Å². The summed E-state index contributed by atoms with van der Waals surface area (Å²) in [6.45, 7) is 8.03. The molecule has 0 radical (unpaired) electrons. The van der Waals surface area contributed by atoms with Crippen LogP contribution in [0.3, 0.4) is 0 Å². The van der Waals surface area contributed by atoms with Crippen molar-refractivity contribution < 1.29 is 28.4 Å². The highest BCUT2D eigenvalue weighted by Crippen LogP contribution is 2.47. The predicted molar refractivity (Wildman–Crippen MR) is 184 cm³/mol. The number of aromatic amines is 1. The molecule has 5 rings (SSSR count). The van der Waals surface area contributed by atoms with E-state index >= 15 is 0 Å². The van der Waals surface area contributed by atoms with Crippen LogP contribution in [0.25, 0.3) is 0 Å². The highest BCUT2D eigenvalue weighted by Gasteiger charge is 2.44. The lowest BCUT2D eigenvalue weighted by Crippen LogP contribution is -2.39. The van der Waals surface area contributed by atoms with Crippen molar-refractivity contribution in [2.75, 3.05) is 20.8 Å². The quantitative estimate of drug-likeness (QED) is 0.130. The van der Waals surface area contributed by atoms with Gasteiger partial charge in [-0.1, -0.05) is 54.6 Å². The molecular formula is C36H44N3O8P. The minimum absolute atomic E-state index is 0.0200. The maximum Gasteiger partial charge on any atom is 0.330 e. The third-order valence-corrected chi connectivity index (χ3v) is 10.2. The molecule has 0 saturated carbocycles. The zero-order valence-electron chi connectivity index (χ0n) is 28.1. The number of hydrogen-bond acceptors (Lipinski definition) is 9. The molecule has 11 nitrogen and oxygen atoms in total. The van der Waals surface area contributed by atoms with E-state index in [1.165, 1.54) is 16.8 Å². The third kappa shape index (κ3) is 7.57. The molecule has 1 aliphatic heterocycles. The van der Waals surface area contributed by atoms with E-state index in [2.05, 4.69) is 4.98 Å². The Kier molecular flexibility index (Phi) is 11.5. The molecule has 3 aromatic carbocycles. The van der Waals surface area contributed by atoms with Crippen LogP contribution in [-0.2, 0) is 19.6 Å². The third-order valence-electron chi connectivity index (χ3n) is 8.46. The van der Waals surface area contributed by atoms with Crippen LogP contribution in [0.15, 0.2) is 101 Å². The number of rotatable bonds is 14. The van der Waals surface area contributed by atoms with Gasteiger partial charge in [0.2, 0.25) is 0 Å². The van der Waals surface area contributed by atoms with Crippen molar-refractivity contribution in [2.45, 2.75) is 70.2 Å². The summed E-state index contributed by atoms with van der Waals surface area (Å²) >= 11 is 0. The maximum absolute atomic E-state index is 12.8. The number of nitrogens with one attached hydrogen (secondary N) is 1. The number of aromatic nitrogens is 2. The zero-order valence-corrected chi connectivity index (χ0v) is 29.0. The molecule has 0 bridgehead atoms. The molecule has 2 heterocycles. The number of benzene rings is 3. The summed E-state index contributed by atoms with van der Waals surface area (Å²) in [6.07, 6.45) is -0.467. The van der Waals surface area contributed by atoms with Crippen LogP contribution in [0.2, 0.25) is 0 Å². The summed E-state index contributed by atoms with van der Waals surface area (Å²) in [5.74, 6) is 1.40. The molecule has 1 unspecified atom stereocenters. The van der Waals surface area contributed by atoms with Crippen LogP contribution in [-0.4, -0.2) is 64.2 Å². The number of ether oxygens (including phenoxy) is 4. The van der Waals surface area contributed by atoms with Gasteiger partial charge in [-0.2, -0.15) is 0 Å². The summed E-state index contributed by atoms with van der Waals surface area (Å²) in [7, 11) is 1.23. The lowest BCUT2D eigenvalue weighted by atomic mass is 9.80. The van der Waals surface area contributed by atoms with Gasteiger partial charge in [0.05, 0.1) is 26.9 Å². The molecular weight excluding hydrogens is 633 g/mol. The lowest BCUT2D eigenvalue weighted by Gasteiger charge is -2.38. The van der Waals surface area contributed by atoms with Gasteiger partial charge in [-0.25, -0.2) is 9.46 Å². The number of nitrogens with zero attached hydrogens (tertiary/aromatic N) is 2. The Hall–Kier alpha value is -3.83. The normalized spacial score (nSPS) is 18.8. The number of methoxy groups -OCH3 is 2. The first-order valence-corrected chi connectivity index (χ1v) is 17.1. The Balaban J connectivity index is 1.57. The maximum atomic E-state index is 12.8. The fourth-order valence-corrected chi connectivity index (χ4v) is 7.60. The first kappa shape index (κ1) is 35.5. The summed E-state index contributed by atoms with van der Waals surface area (Å²) in [5, 5.41) is 0. The van der Waals surface area contributed by atoms with Crippen molar-refractivity contribution in [2.24, 2.45) is 0 Å². The van der Waals surface area contributed by atoms with Crippen molar-refractivity contribution in [3.63, 3.8) is 0 Å². The summed E-state index contributed by atoms with van der Waals surface area (Å²) < 4.78 is 34.2. The molecule has 12 heteroatoms. The minimum Gasteiger partial charge on any atom is -0.497 e. The molecule has 0 spiro atoms. The average Bonchev–Trinajstić information content (AvgIpc) is 3.47. The van der Waals surface area contributed by atoms with Gasteiger partial charge in [-0.15, -0.1) is 0 Å². The van der Waals surface area contributed by atoms with Crippen molar-refractivity contribution in [1.29, 1.82) is 0 Å². The van der Waals surface area contributed by atoms with E-state index < -0.39 is 43.8 Å². The second kappa shape index (κ2) is 15.6. The van der Waals surface area contributed by atoms with Crippen molar-refractivity contribution in [3.8, 4) is 11.5 Å². The van der Waals surface area contributed by atoms with Gasteiger partial charge in [0.1, 0.15) is 29.4 Å². The van der Waals surface area contributed by atoms with E-state index in [4.69, 9.17) is 23.5 Å². The molecule has 1 aliphatic rings. The van der Waals surface area contributed by atoms with Gasteiger partial charge in [-0.05, 0) is 68.7 Å². The Morgan fingerprint density at radius 1 is 0.875 bits per heavy atom. The highest BCUT2D eigenvalue weighted by atomic mass is 31.2. The average molecular weight is 678 g/mol. The van der Waals surface area contributed by atoms with Gasteiger partial charge >= 0.3 is 5.69 Å². The largest absolute Gasteiger partial charge is 0.497 e. The van der Waals surface area contributed by atoms with Gasteiger partial charge in [-0.3, -0.25) is 14.3 Å². The second-order valence-electron chi connectivity index (χ2n) is 12.2. The van der Waals surface area contributed by atoms with Crippen molar-refractivity contribution >= 4 is 8.53 Å². The molecule has 48 heavy (non-hydrogen) atoms. The van der Waals surface area contributed by atoms with Crippen LogP contribution in [0.4, 0.5) is 0 Å². The van der Waals surface area contributed by atoms with Crippen LogP contribution >= 0.6 is 8.53 Å². The van der Waals surface area contributed by atoms with Crippen molar-refractivity contribution in [3.05, 3.63) is 129 Å². The van der Waals surface area contributed by atoms with Gasteiger partial charge < -0.3 is 28.4 Å². The summed E-state index contributed by atoms with van der Waals surface area (Å²) in [5.41, 5.74) is 0.348. The van der Waals surface area contributed by atoms with Crippen LogP contribution in [0.5, 0.6) is 11.5 Å². The van der Waals surface area contributed by atoms with E-state index in [1.54, 1.807) is 14.2 Å². The molecule has 4 atom stereocenters. The highest BCUT2D eigenvalue weighted by molar-refractivity contribution is 7.43. The lowest BCUT2D eigenvalue weighted by molar-refractivity contribution is -0.0922. The van der Waals surface area contributed by atoms with Crippen molar-refractivity contribution in [1.82, 2.24) is 14.2 Å². The molecule has 2 N–H and O–H groups in total. The Morgan fingerprint density at radius 2 is 1.42 bits per heavy atom. The van der Waals surface area contributed by atoms with Gasteiger partial charge in [0.15, 0.2) is 0 Å².